The second kappa shape index (κ2) is 5.17. The number of hydrogen-bond donors (Lipinski definition) is 2. The highest BCUT2D eigenvalue weighted by molar-refractivity contribution is 6.31. The summed E-state index contributed by atoms with van der Waals surface area (Å²) in [5.41, 5.74) is 1.49. The molecular weight excluding hydrogens is 294 g/mol. The number of hydrogen-bond acceptors (Lipinski definition) is 4. The standard InChI is InChI=1S/C13H12ClN5O2/c1-7-2-3-8(4-9(7)14)17-12(21)10-5-11(20)18-13-15-6-16-19(10)13/h2-4,6,10H,5H2,1H3,(H,17,21)(H,15,16,18,20). The first-order chi connectivity index (χ1) is 10.0. The Balaban J connectivity index is 1.83. The number of fused-ring (bicyclic) bond motifs is 1. The largest absolute Gasteiger partial charge is 0.324 e. The van der Waals surface area contributed by atoms with Crippen LogP contribution in [0.5, 0.6) is 0 Å². The number of benzene rings is 1. The zero-order chi connectivity index (χ0) is 15.0. The van der Waals surface area contributed by atoms with Crippen molar-refractivity contribution in [1.29, 1.82) is 0 Å². The van der Waals surface area contributed by atoms with Gasteiger partial charge in [0.15, 0.2) is 0 Å². The fourth-order valence-electron chi connectivity index (χ4n) is 2.11. The fraction of sp³-hybridized carbons (Fsp3) is 0.231. The van der Waals surface area contributed by atoms with Crippen LogP contribution in [0.4, 0.5) is 11.6 Å². The molecule has 0 saturated heterocycles. The molecular formula is C13H12ClN5O2. The van der Waals surface area contributed by atoms with Crippen LogP contribution in [-0.2, 0) is 9.59 Å². The molecule has 21 heavy (non-hydrogen) atoms. The summed E-state index contributed by atoms with van der Waals surface area (Å²) in [6.07, 6.45) is 1.31. The number of aryl methyl sites for hydroxylation is 1. The van der Waals surface area contributed by atoms with E-state index in [1.165, 1.54) is 11.0 Å². The molecule has 2 amide bonds. The highest BCUT2D eigenvalue weighted by Crippen LogP contribution is 2.24. The van der Waals surface area contributed by atoms with Gasteiger partial charge in [-0.2, -0.15) is 10.1 Å². The molecule has 0 spiro atoms. The first-order valence-electron chi connectivity index (χ1n) is 6.31. The van der Waals surface area contributed by atoms with E-state index in [-0.39, 0.29) is 24.2 Å². The molecule has 108 valence electrons. The van der Waals surface area contributed by atoms with Gasteiger partial charge in [0.05, 0.1) is 6.42 Å². The average molecular weight is 306 g/mol. The van der Waals surface area contributed by atoms with Crippen molar-refractivity contribution in [3.8, 4) is 0 Å². The lowest BCUT2D eigenvalue weighted by atomic mass is 10.1. The first-order valence-corrected chi connectivity index (χ1v) is 6.69. The zero-order valence-corrected chi connectivity index (χ0v) is 11.9. The van der Waals surface area contributed by atoms with E-state index >= 15 is 0 Å². The molecule has 1 atom stereocenters. The van der Waals surface area contributed by atoms with Crippen molar-refractivity contribution in [2.24, 2.45) is 0 Å². The van der Waals surface area contributed by atoms with Gasteiger partial charge in [0.2, 0.25) is 17.8 Å². The van der Waals surface area contributed by atoms with Gasteiger partial charge >= 0.3 is 0 Å². The average Bonchev–Trinajstić information content (AvgIpc) is 2.90. The predicted molar refractivity (Wildman–Crippen MR) is 77.1 cm³/mol. The number of halogens is 1. The van der Waals surface area contributed by atoms with Gasteiger partial charge in [-0.25, -0.2) is 4.68 Å². The summed E-state index contributed by atoms with van der Waals surface area (Å²) < 4.78 is 1.40. The Morgan fingerprint density at radius 3 is 3.10 bits per heavy atom. The molecule has 2 N–H and O–H groups in total. The van der Waals surface area contributed by atoms with Crippen molar-refractivity contribution in [3.05, 3.63) is 35.1 Å². The number of carbonyl (C=O) groups is 2. The molecule has 2 heterocycles. The molecule has 0 aliphatic carbocycles. The molecule has 8 heteroatoms. The van der Waals surface area contributed by atoms with Crippen LogP contribution in [0.15, 0.2) is 24.5 Å². The highest BCUT2D eigenvalue weighted by atomic mass is 35.5. The second-order valence-corrected chi connectivity index (χ2v) is 5.16. The van der Waals surface area contributed by atoms with Gasteiger partial charge in [-0.05, 0) is 24.6 Å². The van der Waals surface area contributed by atoms with Crippen LogP contribution < -0.4 is 10.6 Å². The molecule has 1 aromatic heterocycles. The van der Waals surface area contributed by atoms with Crippen molar-refractivity contribution in [3.63, 3.8) is 0 Å². The minimum Gasteiger partial charge on any atom is -0.324 e. The highest BCUT2D eigenvalue weighted by Gasteiger charge is 2.31. The van der Waals surface area contributed by atoms with Crippen molar-refractivity contribution in [2.45, 2.75) is 19.4 Å². The Bertz CT molecular complexity index is 727. The van der Waals surface area contributed by atoms with Gasteiger partial charge in [-0.15, -0.1) is 0 Å². The number of aromatic nitrogens is 3. The maximum absolute atomic E-state index is 12.3. The number of carbonyl (C=O) groups excluding carboxylic acids is 2. The molecule has 0 bridgehead atoms. The fourth-order valence-corrected chi connectivity index (χ4v) is 2.29. The Kier molecular flexibility index (Phi) is 3.34. The van der Waals surface area contributed by atoms with E-state index in [1.807, 2.05) is 13.0 Å². The van der Waals surface area contributed by atoms with Gasteiger partial charge in [0.1, 0.15) is 12.4 Å². The summed E-state index contributed by atoms with van der Waals surface area (Å²) in [6, 6.07) is 4.51. The Labute approximate surface area is 125 Å². The molecule has 1 unspecified atom stereocenters. The molecule has 1 aliphatic heterocycles. The normalized spacial score (nSPS) is 17.0. The SMILES string of the molecule is Cc1ccc(NC(=O)C2CC(=O)Nc3ncnn32)cc1Cl. The number of anilines is 2. The van der Waals surface area contributed by atoms with Gasteiger partial charge in [0.25, 0.3) is 0 Å². The maximum Gasteiger partial charge on any atom is 0.249 e. The van der Waals surface area contributed by atoms with E-state index < -0.39 is 6.04 Å². The molecule has 1 aliphatic rings. The summed E-state index contributed by atoms with van der Waals surface area (Å²) in [5.74, 6) is -0.331. The lowest BCUT2D eigenvalue weighted by Crippen LogP contribution is -2.36. The Morgan fingerprint density at radius 2 is 2.33 bits per heavy atom. The first kappa shape index (κ1) is 13.6. The lowest BCUT2D eigenvalue weighted by molar-refractivity contribution is -0.125. The smallest absolute Gasteiger partial charge is 0.249 e. The van der Waals surface area contributed by atoms with Crippen LogP contribution in [0.2, 0.25) is 5.02 Å². The summed E-state index contributed by atoms with van der Waals surface area (Å²) in [4.78, 5) is 27.8. The van der Waals surface area contributed by atoms with E-state index in [0.717, 1.165) is 5.56 Å². The summed E-state index contributed by atoms with van der Waals surface area (Å²) in [5, 5.41) is 9.83. The Morgan fingerprint density at radius 1 is 1.52 bits per heavy atom. The van der Waals surface area contributed by atoms with Crippen LogP contribution in [0, 0.1) is 6.92 Å². The van der Waals surface area contributed by atoms with Crippen molar-refractivity contribution >= 4 is 35.1 Å². The van der Waals surface area contributed by atoms with Crippen LogP contribution in [0.1, 0.15) is 18.0 Å². The summed E-state index contributed by atoms with van der Waals surface area (Å²) in [7, 11) is 0. The van der Waals surface area contributed by atoms with Crippen LogP contribution in [0.25, 0.3) is 0 Å². The quantitative estimate of drug-likeness (QED) is 0.885. The lowest BCUT2D eigenvalue weighted by Gasteiger charge is -2.22. The third-order valence-corrected chi connectivity index (χ3v) is 3.65. The predicted octanol–water partition coefficient (Wildman–Crippen LogP) is 1.76. The number of nitrogens with zero attached hydrogens (tertiary/aromatic N) is 3. The van der Waals surface area contributed by atoms with Crippen molar-refractivity contribution in [2.75, 3.05) is 10.6 Å². The Hall–Kier alpha value is -2.41. The third kappa shape index (κ3) is 2.59. The van der Waals surface area contributed by atoms with Gasteiger partial charge in [-0.1, -0.05) is 17.7 Å². The van der Waals surface area contributed by atoms with E-state index in [0.29, 0.717) is 10.7 Å². The molecule has 3 rings (SSSR count). The van der Waals surface area contributed by atoms with Crippen LogP contribution in [0.3, 0.4) is 0 Å². The monoisotopic (exact) mass is 305 g/mol. The molecule has 2 aromatic rings. The van der Waals surface area contributed by atoms with Crippen molar-refractivity contribution in [1.82, 2.24) is 14.8 Å². The van der Waals surface area contributed by atoms with Crippen LogP contribution >= 0.6 is 11.6 Å². The molecule has 0 radical (unpaired) electrons. The maximum atomic E-state index is 12.3. The second-order valence-electron chi connectivity index (χ2n) is 4.75. The van der Waals surface area contributed by atoms with E-state index in [2.05, 4.69) is 20.7 Å². The zero-order valence-electron chi connectivity index (χ0n) is 11.1. The van der Waals surface area contributed by atoms with Crippen LogP contribution in [-0.4, -0.2) is 26.6 Å². The van der Waals surface area contributed by atoms with Crippen molar-refractivity contribution < 1.29 is 9.59 Å². The number of amides is 2. The molecule has 7 nitrogen and oxygen atoms in total. The summed E-state index contributed by atoms with van der Waals surface area (Å²) >= 11 is 6.03. The van der Waals surface area contributed by atoms with E-state index in [9.17, 15) is 9.59 Å². The summed E-state index contributed by atoms with van der Waals surface area (Å²) in [6.45, 7) is 1.88. The van der Waals surface area contributed by atoms with Gasteiger partial charge in [0, 0.05) is 10.7 Å². The topological polar surface area (TPSA) is 88.9 Å². The molecule has 1 aromatic carbocycles. The minimum atomic E-state index is -0.726. The minimum absolute atomic E-state index is 0.0157. The molecule has 0 saturated carbocycles. The van der Waals surface area contributed by atoms with E-state index in [1.54, 1.807) is 12.1 Å². The number of nitrogens with one attached hydrogen (secondary N) is 2. The molecule has 0 fully saturated rings. The van der Waals surface area contributed by atoms with E-state index in [4.69, 9.17) is 11.6 Å². The number of rotatable bonds is 2. The third-order valence-electron chi connectivity index (χ3n) is 3.24. The van der Waals surface area contributed by atoms with Gasteiger partial charge < -0.3 is 5.32 Å². The van der Waals surface area contributed by atoms with Gasteiger partial charge in [-0.3, -0.25) is 14.9 Å².